The number of benzene rings is 3. The molecule has 5 aromatic rings. The van der Waals surface area contributed by atoms with E-state index in [1.807, 2.05) is 0 Å². The lowest BCUT2D eigenvalue weighted by Gasteiger charge is -2.12. The zero-order valence-corrected chi connectivity index (χ0v) is 19.5. The van der Waals surface area contributed by atoms with Crippen LogP contribution in [0.5, 0.6) is 0 Å². The molecule has 0 spiro atoms. The smallest absolute Gasteiger partial charge is 0.322 e. The molecule has 2 heterocycles. The Hall–Kier alpha value is -4.24. The number of nitrogens with one attached hydrogen (secondary N) is 1. The van der Waals surface area contributed by atoms with Crippen molar-refractivity contribution in [2.45, 2.75) is 13.1 Å². The third kappa shape index (κ3) is 4.52. The van der Waals surface area contributed by atoms with E-state index in [-0.39, 0.29) is 5.91 Å². The molecular formula is C26H17ClF3N5O. The highest BCUT2D eigenvalue weighted by atomic mass is 35.5. The van der Waals surface area contributed by atoms with Crippen molar-refractivity contribution < 1.29 is 18.0 Å². The van der Waals surface area contributed by atoms with Crippen LogP contribution >= 0.6 is 11.6 Å². The van der Waals surface area contributed by atoms with Crippen LogP contribution in [0.3, 0.4) is 0 Å². The predicted molar refractivity (Wildman–Crippen MR) is 131 cm³/mol. The van der Waals surface area contributed by atoms with Gasteiger partial charge in [-0.1, -0.05) is 35.9 Å². The average molecular weight is 508 g/mol. The van der Waals surface area contributed by atoms with Crippen molar-refractivity contribution in [1.29, 1.82) is 0 Å². The van der Waals surface area contributed by atoms with Crippen LogP contribution in [-0.2, 0) is 6.18 Å². The molecule has 3 aromatic carbocycles. The SMILES string of the molecule is Cc1cc(-c2ccc(C(F)(F)F)cc2)ccc1C(=O)Nc1ccc(Cl)c(-c2nnc3ncccn23)c1. The second-order valence-corrected chi connectivity index (χ2v) is 8.47. The van der Waals surface area contributed by atoms with E-state index in [0.29, 0.717) is 50.1 Å². The fraction of sp³-hybridized carbons (Fsp3) is 0.0769. The number of anilines is 1. The molecule has 0 fully saturated rings. The summed E-state index contributed by atoms with van der Waals surface area (Å²) >= 11 is 6.40. The Labute approximate surface area is 208 Å². The number of aromatic nitrogens is 4. The van der Waals surface area contributed by atoms with Gasteiger partial charge >= 0.3 is 6.18 Å². The lowest BCUT2D eigenvalue weighted by atomic mass is 9.98. The molecule has 0 aliphatic heterocycles. The molecule has 2 aromatic heterocycles. The van der Waals surface area contributed by atoms with Gasteiger partial charge in [-0.05, 0) is 66.1 Å². The third-order valence-corrected chi connectivity index (χ3v) is 6.00. The second-order valence-electron chi connectivity index (χ2n) is 8.07. The third-order valence-electron chi connectivity index (χ3n) is 5.67. The number of carbonyl (C=O) groups excluding carboxylic acids is 1. The van der Waals surface area contributed by atoms with Crippen molar-refractivity contribution in [3.05, 3.63) is 101 Å². The number of aryl methyl sites for hydroxylation is 1. The fourth-order valence-corrected chi connectivity index (χ4v) is 4.05. The van der Waals surface area contributed by atoms with Crippen molar-refractivity contribution in [2.75, 3.05) is 5.32 Å². The summed E-state index contributed by atoms with van der Waals surface area (Å²) in [5.74, 6) is 0.561. The quantitative estimate of drug-likeness (QED) is 0.294. The first-order valence-electron chi connectivity index (χ1n) is 10.8. The van der Waals surface area contributed by atoms with E-state index in [9.17, 15) is 18.0 Å². The van der Waals surface area contributed by atoms with Crippen LogP contribution in [-0.4, -0.2) is 25.5 Å². The summed E-state index contributed by atoms with van der Waals surface area (Å²) < 4.78 is 40.2. The Bertz CT molecular complexity index is 1600. The van der Waals surface area contributed by atoms with Gasteiger partial charge in [-0.15, -0.1) is 10.2 Å². The minimum Gasteiger partial charge on any atom is -0.322 e. The van der Waals surface area contributed by atoms with E-state index >= 15 is 0 Å². The van der Waals surface area contributed by atoms with Gasteiger partial charge in [0.15, 0.2) is 5.82 Å². The molecule has 5 rings (SSSR count). The largest absolute Gasteiger partial charge is 0.416 e. The molecule has 0 aliphatic carbocycles. The summed E-state index contributed by atoms with van der Waals surface area (Å²) in [6, 6.07) is 16.8. The molecule has 0 atom stereocenters. The number of nitrogens with zero attached hydrogens (tertiary/aromatic N) is 4. The summed E-state index contributed by atoms with van der Waals surface area (Å²) in [6.45, 7) is 1.77. The molecule has 10 heteroatoms. The van der Waals surface area contributed by atoms with Crippen LogP contribution < -0.4 is 5.32 Å². The summed E-state index contributed by atoms with van der Waals surface area (Å²) in [6.07, 6.45) is -1.02. The maximum atomic E-state index is 13.0. The number of fused-ring (bicyclic) bond motifs is 1. The number of hydrogen-bond donors (Lipinski definition) is 1. The van der Waals surface area contributed by atoms with Gasteiger partial charge in [0.05, 0.1) is 10.6 Å². The van der Waals surface area contributed by atoms with E-state index in [4.69, 9.17) is 11.6 Å². The summed E-state index contributed by atoms with van der Waals surface area (Å²) in [4.78, 5) is 17.2. The molecule has 1 N–H and O–H groups in total. The minimum atomic E-state index is -4.39. The van der Waals surface area contributed by atoms with Gasteiger partial charge in [-0.25, -0.2) is 4.98 Å². The highest BCUT2D eigenvalue weighted by molar-refractivity contribution is 6.33. The fourth-order valence-electron chi connectivity index (χ4n) is 3.85. The zero-order valence-electron chi connectivity index (χ0n) is 18.7. The minimum absolute atomic E-state index is 0.340. The normalized spacial score (nSPS) is 11.6. The van der Waals surface area contributed by atoms with Crippen LogP contribution in [0.15, 0.2) is 79.1 Å². The Morgan fingerprint density at radius 1 is 0.972 bits per heavy atom. The van der Waals surface area contributed by atoms with Crippen LogP contribution in [0.2, 0.25) is 5.02 Å². The van der Waals surface area contributed by atoms with E-state index in [1.165, 1.54) is 12.1 Å². The van der Waals surface area contributed by atoms with Crippen molar-refractivity contribution in [3.63, 3.8) is 0 Å². The van der Waals surface area contributed by atoms with Gasteiger partial charge in [0.1, 0.15) is 0 Å². The van der Waals surface area contributed by atoms with Gasteiger partial charge in [-0.2, -0.15) is 13.2 Å². The maximum Gasteiger partial charge on any atom is 0.416 e. The molecule has 0 aliphatic rings. The van der Waals surface area contributed by atoms with Gasteiger partial charge in [0, 0.05) is 29.2 Å². The van der Waals surface area contributed by atoms with Crippen molar-refractivity contribution in [1.82, 2.24) is 19.6 Å². The molecule has 1 amide bonds. The monoisotopic (exact) mass is 507 g/mol. The number of carbonyl (C=O) groups is 1. The van der Waals surface area contributed by atoms with Gasteiger partial charge in [-0.3, -0.25) is 9.20 Å². The van der Waals surface area contributed by atoms with Crippen LogP contribution in [0.25, 0.3) is 28.3 Å². The molecule has 36 heavy (non-hydrogen) atoms. The Balaban J connectivity index is 1.39. The number of halogens is 4. The number of alkyl halides is 3. The van der Waals surface area contributed by atoms with Crippen LogP contribution in [0, 0.1) is 6.92 Å². The van der Waals surface area contributed by atoms with Gasteiger partial charge in [0.2, 0.25) is 0 Å². The average Bonchev–Trinajstić information content (AvgIpc) is 3.28. The standard InChI is InChI=1S/C26H17ClF3N5O/c1-15-13-17(16-3-6-18(7-4-16)26(28,29)30)5-9-20(15)24(36)32-19-8-10-22(27)21(14-19)23-33-34-25-31-11-2-12-35(23)25/h2-14H,1H3,(H,32,36). The summed E-state index contributed by atoms with van der Waals surface area (Å²) in [5.41, 5.74) is 2.80. The highest BCUT2D eigenvalue weighted by Gasteiger charge is 2.30. The van der Waals surface area contributed by atoms with Crippen molar-refractivity contribution in [2.24, 2.45) is 0 Å². The van der Waals surface area contributed by atoms with Gasteiger partial charge < -0.3 is 5.32 Å². The first kappa shape index (κ1) is 23.5. The molecule has 0 unspecified atom stereocenters. The summed E-state index contributed by atoms with van der Waals surface area (Å²) in [7, 11) is 0. The van der Waals surface area contributed by atoms with E-state index in [0.717, 1.165) is 12.1 Å². The van der Waals surface area contributed by atoms with Crippen molar-refractivity contribution in [3.8, 4) is 22.5 Å². The Morgan fingerprint density at radius 3 is 2.44 bits per heavy atom. The van der Waals surface area contributed by atoms with E-state index < -0.39 is 11.7 Å². The molecule has 180 valence electrons. The molecule has 0 bridgehead atoms. The van der Waals surface area contributed by atoms with Gasteiger partial charge in [0.25, 0.3) is 11.7 Å². The molecule has 0 saturated carbocycles. The second kappa shape index (κ2) is 9.09. The predicted octanol–water partition coefficient (Wildman–Crippen LogP) is 6.69. The maximum absolute atomic E-state index is 13.0. The molecular weight excluding hydrogens is 491 g/mol. The Kier molecular flexibility index (Phi) is 5.93. The summed E-state index contributed by atoms with van der Waals surface area (Å²) in [5, 5.41) is 11.5. The lowest BCUT2D eigenvalue weighted by molar-refractivity contribution is -0.137. The first-order chi connectivity index (χ1) is 17.2. The van der Waals surface area contributed by atoms with Crippen LogP contribution in [0.4, 0.5) is 18.9 Å². The Morgan fingerprint density at radius 2 is 1.72 bits per heavy atom. The molecule has 0 radical (unpaired) electrons. The molecule has 0 saturated heterocycles. The number of rotatable bonds is 4. The number of amides is 1. The van der Waals surface area contributed by atoms with Crippen LogP contribution in [0.1, 0.15) is 21.5 Å². The zero-order chi connectivity index (χ0) is 25.4. The highest BCUT2D eigenvalue weighted by Crippen LogP contribution is 2.32. The molecule has 6 nitrogen and oxygen atoms in total. The lowest BCUT2D eigenvalue weighted by Crippen LogP contribution is -2.13. The van der Waals surface area contributed by atoms with E-state index in [1.54, 1.807) is 66.2 Å². The van der Waals surface area contributed by atoms with Crippen molar-refractivity contribution >= 4 is 29.0 Å². The van der Waals surface area contributed by atoms with E-state index in [2.05, 4.69) is 20.5 Å². The first-order valence-corrected chi connectivity index (χ1v) is 11.1. The number of hydrogen-bond acceptors (Lipinski definition) is 4. The topological polar surface area (TPSA) is 72.2 Å².